The van der Waals surface area contributed by atoms with E-state index in [1.807, 2.05) is 24.3 Å². The van der Waals surface area contributed by atoms with Gasteiger partial charge in [0.2, 0.25) is 5.91 Å². The van der Waals surface area contributed by atoms with E-state index in [-0.39, 0.29) is 24.6 Å². The lowest BCUT2D eigenvalue weighted by Crippen LogP contribution is -2.47. The normalized spacial score (nSPS) is 14.9. The Bertz CT molecular complexity index is 554. The lowest BCUT2D eigenvalue weighted by molar-refractivity contribution is -0.120. The van der Waals surface area contributed by atoms with Gasteiger partial charge in [0, 0.05) is 25.7 Å². The van der Waals surface area contributed by atoms with E-state index in [9.17, 15) is 9.59 Å². The fraction of sp³-hybridized carbons (Fsp3) is 0.556. The van der Waals surface area contributed by atoms with Gasteiger partial charge in [0.25, 0.3) is 0 Å². The summed E-state index contributed by atoms with van der Waals surface area (Å²) >= 11 is 0. The maximum atomic E-state index is 12.0. The quantitative estimate of drug-likeness (QED) is 0.780. The van der Waals surface area contributed by atoms with Gasteiger partial charge in [-0.2, -0.15) is 0 Å². The Hall–Kier alpha value is -2.28. The molecule has 2 amide bonds. The van der Waals surface area contributed by atoms with Crippen LogP contribution in [0.15, 0.2) is 24.3 Å². The van der Waals surface area contributed by atoms with Gasteiger partial charge < -0.3 is 25.0 Å². The number of carbonyl (C=O) groups is 2. The number of carbonyl (C=O) groups excluding carboxylic acids is 2. The third kappa shape index (κ3) is 6.26. The number of methoxy groups -OCH3 is 1. The summed E-state index contributed by atoms with van der Waals surface area (Å²) in [7, 11) is 1.62. The molecule has 0 aliphatic carbocycles. The first-order chi connectivity index (χ1) is 12.1. The molecule has 2 rings (SSSR count). The van der Waals surface area contributed by atoms with Crippen molar-refractivity contribution in [2.45, 2.75) is 32.4 Å². The first-order valence-corrected chi connectivity index (χ1v) is 8.67. The van der Waals surface area contributed by atoms with Crippen molar-refractivity contribution in [1.82, 2.24) is 15.5 Å². The van der Waals surface area contributed by atoms with Crippen LogP contribution in [-0.2, 0) is 16.1 Å². The standard InChI is InChI=1S/C18H27N3O4/c1-3-25-18(23)21-10-8-15(9-11-21)19-13-17(22)20-12-14-4-6-16(24-2)7-5-14/h4-7,15,19H,3,8-13H2,1-2H3,(H,20,22). The predicted octanol–water partition coefficient (Wildman–Crippen LogP) is 1.52. The highest BCUT2D eigenvalue weighted by atomic mass is 16.6. The number of ether oxygens (including phenoxy) is 2. The summed E-state index contributed by atoms with van der Waals surface area (Å²) in [5.74, 6) is 0.759. The van der Waals surface area contributed by atoms with E-state index >= 15 is 0 Å². The van der Waals surface area contributed by atoms with Crippen molar-refractivity contribution in [2.75, 3.05) is 33.4 Å². The molecule has 7 nitrogen and oxygen atoms in total. The molecule has 0 saturated carbocycles. The molecular formula is C18H27N3O4. The molecule has 1 heterocycles. The molecule has 1 saturated heterocycles. The van der Waals surface area contributed by atoms with Crippen molar-refractivity contribution in [3.63, 3.8) is 0 Å². The molecule has 0 atom stereocenters. The smallest absolute Gasteiger partial charge is 0.409 e. The molecule has 138 valence electrons. The lowest BCUT2D eigenvalue weighted by atomic mass is 10.1. The van der Waals surface area contributed by atoms with Crippen molar-refractivity contribution in [2.24, 2.45) is 0 Å². The minimum Gasteiger partial charge on any atom is -0.497 e. The molecular weight excluding hydrogens is 322 g/mol. The van der Waals surface area contributed by atoms with E-state index in [0.717, 1.165) is 24.2 Å². The Kier molecular flexibility index (Phi) is 7.53. The predicted molar refractivity (Wildman–Crippen MR) is 94.5 cm³/mol. The monoisotopic (exact) mass is 349 g/mol. The summed E-state index contributed by atoms with van der Waals surface area (Å²) < 4.78 is 10.1. The Morgan fingerprint density at radius 3 is 2.48 bits per heavy atom. The molecule has 25 heavy (non-hydrogen) atoms. The van der Waals surface area contributed by atoms with Crippen LogP contribution in [0.1, 0.15) is 25.3 Å². The minimum atomic E-state index is -0.252. The van der Waals surface area contributed by atoms with Gasteiger partial charge in [-0.15, -0.1) is 0 Å². The Morgan fingerprint density at radius 2 is 1.88 bits per heavy atom. The molecule has 0 unspecified atom stereocenters. The van der Waals surface area contributed by atoms with Crippen LogP contribution < -0.4 is 15.4 Å². The summed E-state index contributed by atoms with van der Waals surface area (Å²) in [5.41, 5.74) is 1.02. The molecule has 1 fully saturated rings. The molecule has 1 aromatic rings. The van der Waals surface area contributed by atoms with Gasteiger partial charge in [-0.3, -0.25) is 4.79 Å². The Labute approximate surface area is 148 Å². The minimum absolute atomic E-state index is 0.0383. The fourth-order valence-corrected chi connectivity index (χ4v) is 2.72. The van der Waals surface area contributed by atoms with Crippen molar-refractivity contribution in [3.05, 3.63) is 29.8 Å². The molecule has 0 spiro atoms. The third-order valence-corrected chi connectivity index (χ3v) is 4.22. The maximum absolute atomic E-state index is 12.0. The molecule has 0 aromatic heterocycles. The molecule has 1 aliphatic rings. The second-order valence-electron chi connectivity index (χ2n) is 5.97. The Balaban J connectivity index is 1.63. The average molecular weight is 349 g/mol. The molecule has 2 N–H and O–H groups in total. The van der Waals surface area contributed by atoms with Gasteiger partial charge in [0.15, 0.2) is 0 Å². The van der Waals surface area contributed by atoms with Crippen molar-refractivity contribution >= 4 is 12.0 Å². The van der Waals surface area contributed by atoms with E-state index in [0.29, 0.717) is 26.2 Å². The van der Waals surface area contributed by atoms with Crippen LogP contribution in [0.3, 0.4) is 0 Å². The zero-order valence-electron chi connectivity index (χ0n) is 14.9. The maximum Gasteiger partial charge on any atom is 0.409 e. The molecule has 0 radical (unpaired) electrons. The summed E-state index contributed by atoms with van der Waals surface area (Å²) in [5, 5.41) is 6.15. The largest absolute Gasteiger partial charge is 0.497 e. The average Bonchev–Trinajstić information content (AvgIpc) is 2.65. The van der Waals surface area contributed by atoms with Crippen LogP contribution >= 0.6 is 0 Å². The third-order valence-electron chi connectivity index (χ3n) is 4.22. The molecule has 1 aromatic carbocycles. The van der Waals surface area contributed by atoms with E-state index in [1.165, 1.54) is 0 Å². The van der Waals surface area contributed by atoms with Gasteiger partial charge in [0.1, 0.15) is 5.75 Å². The topological polar surface area (TPSA) is 79.9 Å². The van der Waals surface area contributed by atoms with Crippen LogP contribution in [0, 0.1) is 0 Å². The molecule has 1 aliphatic heterocycles. The number of likely N-dealkylation sites (tertiary alicyclic amines) is 1. The molecule has 7 heteroatoms. The number of piperidine rings is 1. The van der Waals surface area contributed by atoms with Crippen molar-refractivity contribution in [3.8, 4) is 5.75 Å². The number of amides is 2. The van der Waals surface area contributed by atoms with Gasteiger partial charge in [-0.25, -0.2) is 4.79 Å². The summed E-state index contributed by atoms with van der Waals surface area (Å²) in [6.45, 7) is 4.28. The second-order valence-corrected chi connectivity index (χ2v) is 5.97. The van der Waals surface area contributed by atoms with Crippen LogP contribution in [0.25, 0.3) is 0 Å². The van der Waals surface area contributed by atoms with E-state index < -0.39 is 0 Å². The number of nitrogens with zero attached hydrogens (tertiary/aromatic N) is 1. The summed E-state index contributed by atoms with van der Waals surface area (Å²) in [6, 6.07) is 7.85. The SMILES string of the molecule is CCOC(=O)N1CCC(NCC(=O)NCc2ccc(OC)cc2)CC1. The molecule has 0 bridgehead atoms. The zero-order valence-corrected chi connectivity index (χ0v) is 14.9. The van der Waals surface area contributed by atoms with E-state index in [4.69, 9.17) is 9.47 Å². The van der Waals surface area contributed by atoms with Gasteiger partial charge in [-0.1, -0.05) is 12.1 Å². The number of benzene rings is 1. The summed E-state index contributed by atoms with van der Waals surface area (Å²) in [6.07, 6.45) is 1.40. The highest BCUT2D eigenvalue weighted by Crippen LogP contribution is 2.12. The van der Waals surface area contributed by atoms with Crippen LogP contribution in [-0.4, -0.2) is 56.3 Å². The number of rotatable bonds is 7. The first kappa shape index (κ1) is 19.1. The van der Waals surface area contributed by atoms with Gasteiger partial charge >= 0.3 is 6.09 Å². The zero-order chi connectivity index (χ0) is 18.1. The highest BCUT2D eigenvalue weighted by Gasteiger charge is 2.23. The van der Waals surface area contributed by atoms with E-state index in [2.05, 4.69) is 10.6 Å². The van der Waals surface area contributed by atoms with Crippen LogP contribution in [0.4, 0.5) is 4.79 Å². The van der Waals surface area contributed by atoms with Crippen LogP contribution in [0.5, 0.6) is 5.75 Å². The number of hydrogen-bond acceptors (Lipinski definition) is 5. The second kappa shape index (κ2) is 9.88. The van der Waals surface area contributed by atoms with Gasteiger partial charge in [0.05, 0.1) is 20.3 Å². The van der Waals surface area contributed by atoms with E-state index in [1.54, 1.807) is 18.9 Å². The summed E-state index contributed by atoms with van der Waals surface area (Å²) in [4.78, 5) is 25.3. The van der Waals surface area contributed by atoms with Gasteiger partial charge in [-0.05, 0) is 37.5 Å². The lowest BCUT2D eigenvalue weighted by Gasteiger charge is -2.31. The van der Waals surface area contributed by atoms with Crippen molar-refractivity contribution in [1.29, 1.82) is 0 Å². The van der Waals surface area contributed by atoms with Crippen LogP contribution in [0.2, 0.25) is 0 Å². The highest BCUT2D eigenvalue weighted by molar-refractivity contribution is 5.78. The number of nitrogens with one attached hydrogen (secondary N) is 2. The fourth-order valence-electron chi connectivity index (χ4n) is 2.72. The van der Waals surface area contributed by atoms with Crippen molar-refractivity contribution < 1.29 is 19.1 Å². The first-order valence-electron chi connectivity index (χ1n) is 8.67. The number of hydrogen-bond donors (Lipinski definition) is 2. The Morgan fingerprint density at radius 1 is 1.20 bits per heavy atom.